The standard InChI is InChI=1S/C14H21IN2O/c1-10(2)7-11(9-16)8-14(18)17-13-6-4-3-5-12(13)15/h3-6,10-11H,7-9,16H2,1-2H3,(H,17,18). The minimum absolute atomic E-state index is 0.0511. The Hall–Kier alpha value is -0.620. The van der Waals surface area contributed by atoms with Gasteiger partial charge in [0.1, 0.15) is 0 Å². The predicted octanol–water partition coefficient (Wildman–Crippen LogP) is 3.24. The van der Waals surface area contributed by atoms with Crippen molar-refractivity contribution in [3.8, 4) is 0 Å². The maximum atomic E-state index is 11.9. The van der Waals surface area contributed by atoms with E-state index in [1.54, 1.807) is 0 Å². The minimum atomic E-state index is 0.0511. The van der Waals surface area contributed by atoms with Crippen molar-refractivity contribution in [1.29, 1.82) is 0 Å². The fraction of sp³-hybridized carbons (Fsp3) is 0.500. The molecule has 1 unspecified atom stereocenters. The van der Waals surface area contributed by atoms with E-state index in [2.05, 4.69) is 41.8 Å². The Morgan fingerprint density at radius 2 is 2.06 bits per heavy atom. The average Bonchev–Trinajstić information content (AvgIpc) is 2.30. The number of para-hydroxylation sites is 1. The second-order valence-corrected chi connectivity index (χ2v) is 6.13. The van der Waals surface area contributed by atoms with Gasteiger partial charge in [-0.15, -0.1) is 0 Å². The molecule has 0 saturated heterocycles. The van der Waals surface area contributed by atoms with Crippen LogP contribution in [0.2, 0.25) is 0 Å². The third-order valence-electron chi connectivity index (χ3n) is 2.76. The van der Waals surface area contributed by atoms with E-state index >= 15 is 0 Å². The van der Waals surface area contributed by atoms with Crippen molar-refractivity contribution >= 4 is 34.2 Å². The quantitative estimate of drug-likeness (QED) is 0.766. The van der Waals surface area contributed by atoms with Crippen molar-refractivity contribution in [3.05, 3.63) is 27.8 Å². The molecule has 18 heavy (non-hydrogen) atoms. The highest BCUT2D eigenvalue weighted by Crippen LogP contribution is 2.19. The Labute approximate surface area is 123 Å². The molecular formula is C14H21IN2O. The molecular weight excluding hydrogens is 339 g/mol. The smallest absolute Gasteiger partial charge is 0.224 e. The Kier molecular flexibility index (Phi) is 6.63. The van der Waals surface area contributed by atoms with Crippen LogP contribution < -0.4 is 11.1 Å². The third kappa shape index (κ3) is 5.35. The van der Waals surface area contributed by atoms with Gasteiger partial charge in [-0.25, -0.2) is 0 Å². The van der Waals surface area contributed by atoms with Crippen LogP contribution in [0.1, 0.15) is 26.7 Å². The molecule has 0 aliphatic carbocycles. The third-order valence-corrected chi connectivity index (χ3v) is 3.70. The number of nitrogens with two attached hydrogens (primary N) is 1. The van der Waals surface area contributed by atoms with E-state index in [9.17, 15) is 4.79 Å². The van der Waals surface area contributed by atoms with Gasteiger partial charge in [-0.05, 0) is 59.5 Å². The Bertz CT molecular complexity index is 393. The first-order chi connectivity index (χ1) is 8.52. The van der Waals surface area contributed by atoms with E-state index in [1.165, 1.54) is 0 Å². The van der Waals surface area contributed by atoms with Crippen LogP contribution in [0, 0.1) is 15.4 Å². The minimum Gasteiger partial charge on any atom is -0.330 e. The molecule has 0 saturated carbocycles. The maximum Gasteiger partial charge on any atom is 0.224 e. The first kappa shape index (κ1) is 15.4. The van der Waals surface area contributed by atoms with E-state index in [4.69, 9.17) is 5.73 Å². The second kappa shape index (κ2) is 7.74. The van der Waals surface area contributed by atoms with Crippen molar-refractivity contribution in [1.82, 2.24) is 0 Å². The molecule has 0 aromatic heterocycles. The van der Waals surface area contributed by atoms with Crippen LogP contribution in [0.4, 0.5) is 5.69 Å². The number of amides is 1. The first-order valence-electron chi connectivity index (χ1n) is 6.27. The second-order valence-electron chi connectivity index (χ2n) is 4.96. The van der Waals surface area contributed by atoms with E-state index < -0.39 is 0 Å². The van der Waals surface area contributed by atoms with Crippen LogP contribution >= 0.6 is 22.6 Å². The van der Waals surface area contributed by atoms with Crippen LogP contribution in [-0.4, -0.2) is 12.5 Å². The molecule has 1 atom stereocenters. The van der Waals surface area contributed by atoms with Gasteiger partial charge in [0, 0.05) is 9.99 Å². The van der Waals surface area contributed by atoms with E-state index in [0.717, 1.165) is 15.7 Å². The van der Waals surface area contributed by atoms with Crippen LogP contribution in [0.5, 0.6) is 0 Å². The lowest BCUT2D eigenvalue weighted by Crippen LogP contribution is -2.23. The molecule has 1 aromatic carbocycles. The monoisotopic (exact) mass is 360 g/mol. The molecule has 3 N–H and O–H groups in total. The molecule has 4 heteroatoms. The molecule has 3 nitrogen and oxygen atoms in total. The number of hydrogen-bond donors (Lipinski definition) is 2. The van der Waals surface area contributed by atoms with Gasteiger partial charge in [-0.2, -0.15) is 0 Å². The molecule has 0 radical (unpaired) electrons. The van der Waals surface area contributed by atoms with Crippen molar-refractivity contribution in [3.63, 3.8) is 0 Å². The van der Waals surface area contributed by atoms with Crippen LogP contribution in [-0.2, 0) is 4.79 Å². The summed E-state index contributed by atoms with van der Waals surface area (Å²) in [4.78, 5) is 11.9. The number of rotatable bonds is 6. The number of hydrogen-bond acceptors (Lipinski definition) is 2. The highest BCUT2D eigenvalue weighted by molar-refractivity contribution is 14.1. The number of carbonyl (C=O) groups is 1. The molecule has 100 valence electrons. The number of benzene rings is 1. The number of nitrogens with one attached hydrogen (secondary N) is 1. The summed E-state index contributed by atoms with van der Waals surface area (Å²) in [5.41, 5.74) is 6.59. The Balaban J connectivity index is 2.53. The first-order valence-corrected chi connectivity index (χ1v) is 7.35. The summed E-state index contributed by atoms with van der Waals surface area (Å²) in [5, 5.41) is 2.95. The van der Waals surface area contributed by atoms with Crippen molar-refractivity contribution in [2.24, 2.45) is 17.6 Å². The summed E-state index contributed by atoms with van der Waals surface area (Å²) in [6.45, 7) is 4.87. The van der Waals surface area contributed by atoms with Gasteiger partial charge in [0.05, 0.1) is 5.69 Å². The number of halogens is 1. The van der Waals surface area contributed by atoms with Gasteiger partial charge in [0.2, 0.25) is 5.91 Å². The zero-order valence-corrected chi connectivity index (χ0v) is 13.1. The summed E-state index contributed by atoms with van der Waals surface area (Å²) in [5.74, 6) is 0.893. The highest BCUT2D eigenvalue weighted by Gasteiger charge is 2.14. The largest absolute Gasteiger partial charge is 0.330 e. The zero-order chi connectivity index (χ0) is 13.5. The molecule has 1 aromatic rings. The Morgan fingerprint density at radius 3 is 2.61 bits per heavy atom. The van der Waals surface area contributed by atoms with Gasteiger partial charge in [0.15, 0.2) is 0 Å². The number of anilines is 1. The van der Waals surface area contributed by atoms with E-state index in [0.29, 0.717) is 18.9 Å². The van der Waals surface area contributed by atoms with Crippen molar-refractivity contribution < 1.29 is 4.79 Å². The summed E-state index contributed by atoms with van der Waals surface area (Å²) >= 11 is 2.22. The molecule has 0 fully saturated rings. The molecule has 0 spiro atoms. The topological polar surface area (TPSA) is 55.1 Å². The normalized spacial score (nSPS) is 12.5. The van der Waals surface area contributed by atoms with E-state index in [1.807, 2.05) is 24.3 Å². The fourth-order valence-electron chi connectivity index (χ4n) is 1.96. The van der Waals surface area contributed by atoms with Gasteiger partial charge in [-0.3, -0.25) is 4.79 Å². The zero-order valence-electron chi connectivity index (χ0n) is 10.9. The van der Waals surface area contributed by atoms with Gasteiger partial charge in [-0.1, -0.05) is 26.0 Å². The molecule has 0 aliphatic heterocycles. The van der Waals surface area contributed by atoms with Gasteiger partial charge < -0.3 is 11.1 Å². The predicted molar refractivity (Wildman–Crippen MR) is 84.4 cm³/mol. The SMILES string of the molecule is CC(C)CC(CN)CC(=O)Nc1ccccc1I. The molecule has 0 aliphatic rings. The van der Waals surface area contributed by atoms with Crippen molar-refractivity contribution in [2.45, 2.75) is 26.7 Å². The van der Waals surface area contributed by atoms with Gasteiger partial charge >= 0.3 is 0 Å². The summed E-state index contributed by atoms with van der Waals surface area (Å²) in [7, 11) is 0. The van der Waals surface area contributed by atoms with Crippen molar-refractivity contribution in [2.75, 3.05) is 11.9 Å². The lowest BCUT2D eigenvalue weighted by molar-refractivity contribution is -0.117. The van der Waals surface area contributed by atoms with Crippen LogP contribution in [0.3, 0.4) is 0 Å². The fourth-order valence-corrected chi connectivity index (χ4v) is 2.48. The lowest BCUT2D eigenvalue weighted by atomic mass is 9.94. The average molecular weight is 360 g/mol. The molecule has 1 rings (SSSR count). The summed E-state index contributed by atoms with van der Waals surface area (Å²) in [6, 6.07) is 7.77. The molecule has 0 heterocycles. The summed E-state index contributed by atoms with van der Waals surface area (Å²) in [6.07, 6.45) is 1.50. The maximum absolute atomic E-state index is 11.9. The summed E-state index contributed by atoms with van der Waals surface area (Å²) < 4.78 is 1.05. The number of carbonyl (C=O) groups excluding carboxylic acids is 1. The molecule has 0 bridgehead atoms. The van der Waals surface area contributed by atoms with Gasteiger partial charge in [0.25, 0.3) is 0 Å². The highest BCUT2D eigenvalue weighted by atomic mass is 127. The van der Waals surface area contributed by atoms with Crippen LogP contribution in [0.25, 0.3) is 0 Å². The van der Waals surface area contributed by atoms with Crippen LogP contribution in [0.15, 0.2) is 24.3 Å². The molecule has 1 amide bonds. The lowest BCUT2D eigenvalue weighted by Gasteiger charge is -2.16. The van der Waals surface area contributed by atoms with E-state index in [-0.39, 0.29) is 11.8 Å². The Morgan fingerprint density at radius 1 is 1.39 bits per heavy atom.